The molecule has 0 radical (unpaired) electrons. The average molecular weight is 337 g/mol. The fraction of sp³-hybridized carbons (Fsp3) is 0.667. The summed E-state index contributed by atoms with van der Waals surface area (Å²) in [5, 5.41) is 0. The van der Waals surface area contributed by atoms with Crippen molar-refractivity contribution in [1.82, 2.24) is 9.62 Å². The van der Waals surface area contributed by atoms with Gasteiger partial charge in [-0.2, -0.15) is 0 Å². The van der Waals surface area contributed by atoms with E-state index in [1.165, 1.54) is 25.7 Å². The monoisotopic (exact) mass is 336 g/mol. The molecule has 1 saturated carbocycles. The lowest BCUT2D eigenvalue weighted by atomic mass is 10.0. The van der Waals surface area contributed by atoms with Gasteiger partial charge < -0.3 is 4.90 Å². The molecule has 0 atom stereocenters. The van der Waals surface area contributed by atoms with Crippen molar-refractivity contribution < 1.29 is 8.42 Å². The lowest BCUT2D eigenvalue weighted by Gasteiger charge is -2.36. The molecule has 0 bridgehead atoms. The van der Waals surface area contributed by atoms with Gasteiger partial charge in [-0.15, -0.1) is 0 Å². The topological polar surface area (TPSA) is 49.4 Å². The SMILES string of the molecule is O=S(=O)(CCc1ccccc1)NC1CCN(C2CCCC2)CC1. The maximum absolute atomic E-state index is 12.3. The van der Waals surface area contributed by atoms with Crippen LogP contribution in [0.3, 0.4) is 0 Å². The number of sulfonamides is 1. The number of nitrogens with zero attached hydrogens (tertiary/aromatic N) is 1. The molecular weight excluding hydrogens is 308 g/mol. The Morgan fingerprint density at radius 3 is 2.30 bits per heavy atom. The summed E-state index contributed by atoms with van der Waals surface area (Å²) in [7, 11) is -3.18. The summed E-state index contributed by atoms with van der Waals surface area (Å²) in [6.07, 6.45) is 7.84. The molecule has 1 aromatic carbocycles. The van der Waals surface area contributed by atoms with E-state index in [1.807, 2.05) is 30.3 Å². The van der Waals surface area contributed by atoms with Crippen LogP contribution < -0.4 is 4.72 Å². The number of rotatable bonds is 6. The second-order valence-electron chi connectivity index (χ2n) is 6.92. The number of piperidine rings is 1. The van der Waals surface area contributed by atoms with Crippen molar-refractivity contribution in [2.24, 2.45) is 0 Å². The zero-order valence-corrected chi connectivity index (χ0v) is 14.6. The lowest BCUT2D eigenvalue weighted by Crippen LogP contribution is -2.47. The normalized spacial score (nSPS) is 21.7. The number of hydrogen-bond acceptors (Lipinski definition) is 3. The molecule has 0 spiro atoms. The van der Waals surface area contributed by atoms with Crippen LogP contribution in [0.2, 0.25) is 0 Å². The van der Waals surface area contributed by atoms with E-state index in [0.717, 1.165) is 37.5 Å². The zero-order valence-electron chi connectivity index (χ0n) is 13.8. The van der Waals surface area contributed by atoms with Gasteiger partial charge in [-0.3, -0.25) is 0 Å². The van der Waals surface area contributed by atoms with Crippen LogP contribution in [0.4, 0.5) is 0 Å². The molecule has 1 aromatic rings. The first-order valence-corrected chi connectivity index (χ1v) is 10.6. The van der Waals surface area contributed by atoms with Gasteiger partial charge in [0.2, 0.25) is 10.0 Å². The summed E-state index contributed by atoms with van der Waals surface area (Å²) in [4.78, 5) is 2.57. The molecule has 2 aliphatic rings. The summed E-state index contributed by atoms with van der Waals surface area (Å²) < 4.78 is 27.5. The highest BCUT2D eigenvalue weighted by atomic mass is 32.2. The Morgan fingerprint density at radius 1 is 1.00 bits per heavy atom. The fourth-order valence-electron chi connectivity index (χ4n) is 3.86. The Balaban J connectivity index is 1.43. The van der Waals surface area contributed by atoms with Crippen molar-refractivity contribution in [2.45, 2.75) is 57.0 Å². The molecule has 1 aliphatic heterocycles. The standard InChI is InChI=1S/C18H28N2O2S/c21-23(22,15-12-16-6-2-1-3-7-16)19-17-10-13-20(14-11-17)18-8-4-5-9-18/h1-3,6-7,17-19H,4-5,8-15H2. The Kier molecular flexibility index (Phi) is 5.72. The van der Waals surface area contributed by atoms with Crippen LogP contribution in [0.15, 0.2) is 30.3 Å². The van der Waals surface area contributed by atoms with Crippen molar-refractivity contribution >= 4 is 10.0 Å². The molecule has 0 amide bonds. The van der Waals surface area contributed by atoms with Gasteiger partial charge in [-0.05, 0) is 50.8 Å². The van der Waals surface area contributed by atoms with Gasteiger partial charge in [0.25, 0.3) is 0 Å². The van der Waals surface area contributed by atoms with E-state index in [9.17, 15) is 8.42 Å². The minimum atomic E-state index is -3.18. The number of benzene rings is 1. The fourth-order valence-corrected chi connectivity index (χ4v) is 5.23. The van der Waals surface area contributed by atoms with Crippen LogP contribution in [0.25, 0.3) is 0 Å². The van der Waals surface area contributed by atoms with Crippen LogP contribution in [0, 0.1) is 0 Å². The zero-order chi connectivity index (χ0) is 16.1. The molecule has 3 rings (SSSR count). The first-order valence-electron chi connectivity index (χ1n) is 8.90. The third-order valence-corrected chi connectivity index (χ3v) is 6.65. The molecule has 4 nitrogen and oxygen atoms in total. The Hall–Kier alpha value is -0.910. The van der Waals surface area contributed by atoms with Gasteiger partial charge in [0.1, 0.15) is 0 Å². The maximum Gasteiger partial charge on any atom is 0.212 e. The molecule has 1 heterocycles. The van der Waals surface area contributed by atoms with Crippen molar-refractivity contribution in [2.75, 3.05) is 18.8 Å². The Labute approximate surface area is 140 Å². The van der Waals surface area contributed by atoms with E-state index >= 15 is 0 Å². The summed E-state index contributed by atoms with van der Waals surface area (Å²) >= 11 is 0. The smallest absolute Gasteiger partial charge is 0.212 e. The van der Waals surface area contributed by atoms with E-state index in [2.05, 4.69) is 9.62 Å². The lowest BCUT2D eigenvalue weighted by molar-refractivity contribution is 0.151. The van der Waals surface area contributed by atoms with Gasteiger partial charge in [0.05, 0.1) is 5.75 Å². The molecule has 23 heavy (non-hydrogen) atoms. The predicted octanol–water partition coefficient (Wildman–Crippen LogP) is 2.56. The molecule has 1 saturated heterocycles. The summed E-state index contributed by atoms with van der Waals surface area (Å²) in [5.74, 6) is 0.180. The van der Waals surface area contributed by atoms with Crippen LogP contribution in [-0.2, 0) is 16.4 Å². The third kappa shape index (κ3) is 5.03. The van der Waals surface area contributed by atoms with Crippen LogP contribution >= 0.6 is 0 Å². The number of nitrogens with one attached hydrogen (secondary N) is 1. The van der Waals surface area contributed by atoms with Crippen LogP contribution in [0.5, 0.6) is 0 Å². The highest BCUT2D eigenvalue weighted by Crippen LogP contribution is 2.26. The van der Waals surface area contributed by atoms with E-state index in [1.54, 1.807) is 0 Å². The summed E-state index contributed by atoms with van der Waals surface area (Å²) in [5.41, 5.74) is 1.08. The molecule has 0 unspecified atom stereocenters. The summed E-state index contributed by atoms with van der Waals surface area (Å²) in [6, 6.07) is 10.7. The van der Waals surface area contributed by atoms with Gasteiger partial charge >= 0.3 is 0 Å². The van der Waals surface area contributed by atoms with Crippen molar-refractivity contribution in [3.8, 4) is 0 Å². The Morgan fingerprint density at radius 2 is 1.65 bits per heavy atom. The van der Waals surface area contributed by atoms with Crippen molar-refractivity contribution in [3.63, 3.8) is 0 Å². The van der Waals surface area contributed by atoms with E-state index in [0.29, 0.717) is 6.42 Å². The minimum Gasteiger partial charge on any atom is -0.300 e. The largest absolute Gasteiger partial charge is 0.300 e. The first kappa shape index (κ1) is 16.9. The molecule has 1 aliphatic carbocycles. The molecule has 128 valence electrons. The second-order valence-corrected chi connectivity index (χ2v) is 8.79. The van der Waals surface area contributed by atoms with Crippen molar-refractivity contribution in [3.05, 3.63) is 35.9 Å². The van der Waals surface area contributed by atoms with Gasteiger partial charge in [0, 0.05) is 12.1 Å². The molecule has 5 heteroatoms. The number of aryl methyl sites for hydroxylation is 1. The highest BCUT2D eigenvalue weighted by Gasteiger charge is 2.28. The number of likely N-dealkylation sites (tertiary alicyclic amines) is 1. The molecule has 1 N–H and O–H groups in total. The maximum atomic E-state index is 12.3. The van der Waals surface area contributed by atoms with Crippen LogP contribution in [0.1, 0.15) is 44.1 Å². The first-order chi connectivity index (χ1) is 11.1. The molecule has 2 fully saturated rings. The van der Waals surface area contributed by atoms with E-state index < -0.39 is 10.0 Å². The van der Waals surface area contributed by atoms with Crippen LogP contribution in [-0.4, -0.2) is 44.2 Å². The average Bonchev–Trinajstić information content (AvgIpc) is 3.09. The second kappa shape index (κ2) is 7.77. The quantitative estimate of drug-likeness (QED) is 0.868. The Bertz CT molecular complexity index is 574. The van der Waals surface area contributed by atoms with E-state index in [4.69, 9.17) is 0 Å². The van der Waals surface area contributed by atoms with Gasteiger partial charge in [-0.25, -0.2) is 13.1 Å². The summed E-state index contributed by atoms with van der Waals surface area (Å²) in [6.45, 7) is 2.08. The van der Waals surface area contributed by atoms with E-state index in [-0.39, 0.29) is 11.8 Å². The number of hydrogen-bond donors (Lipinski definition) is 1. The van der Waals surface area contributed by atoms with Gasteiger partial charge in [-0.1, -0.05) is 43.2 Å². The van der Waals surface area contributed by atoms with Gasteiger partial charge in [0.15, 0.2) is 0 Å². The third-order valence-electron chi connectivity index (χ3n) is 5.22. The minimum absolute atomic E-state index is 0.119. The highest BCUT2D eigenvalue weighted by molar-refractivity contribution is 7.89. The predicted molar refractivity (Wildman–Crippen MR) is 93.9 cm³/mol. The molecule has 0 aromatic heterocycles. The van der Waals surface area contributed by atoms with Crippen molar-refractivity contribution in [1.29, 1.82) is 0 Å². The molecular formula is C18H28N2O2S.